The lowest BCUT2D eigenvalue weighted by atomic mass is 10.1. The molecule has 1 aromatic rings. The van der Waals surface area contributed by atoms with Crippen LogP contribution in [0.4, 0.5) is 0 Å². The molecule has 0 saturated heterocycles. The normalized spacial score (nSPS) is 12.8. The van der Waals surface area contributed by atoms with Crippen molar-refractivity contribution in [3.05, 3.63) is 35.9 Å². The van der Waals surface area contributed by atoms with E-state index in [0.717, 1.165) is 5.56 Å². The summed E-state index contributed by atoms with van der Waals surface area (Å²) in [5.41, 5.74) is 6.22. The van der Waals surface area contributed by atoms with Gasteiger partial charge in [-0.15, -0.1) is 0 Å². The summed E-state index contributed by atoms with van der Waals surface area (Å²) in [6, 6.07) is 9.17. The average molecular weight is 178 g/mol. The molecule has 70 valence electrons. The molecule has 0 saturated carbocycles. The minimum Gasteiger partial charge on any atom is -0.368 e. The first-order valence-corrected chi connectivity index (χ1v) is 4.13. The number of hydrogen-bond acceptors (Lipinski definition) is 2. The molecule has 1 amide bonds. The Morgan fingerprint density at radius 2 is 1.85 bits per heavy atom. The molecule has 0 spiro atoms. The molecule has 1 atom stereocenters. The summed E-state index contributed by atoms with van der Waals surface area (Å²) in [6.45, 7) is 0. The third-order valence-electron chi connectivity index (χ3n) is 1.90. The predicted molar refractivity (Wildman–Crippen MR) is 52.1 cm³/mol. The van der Waals surface area contributed by atoms with Crippen LogP contribution in [-0.4, -0.2) is 24.9 Å². The highest BCUT2D eigenvalue weighted by atomic mass is 16.1. The molecule has 1 aromatic carbocycles. The molecule has 0 fully saturated rings. The minimum atomic E-state index is -0.332. The molecular weight excluding hydrogens is 164 g/mol. The van der Waals surface area contributed by atoms with Crippen molar-refractivity contribution in [2.45, 2.75) is 6.04 Å². The molecule has 3 heteroatoms. The Morgan fingerprint density at radius 3 is 2.23 bits per heavy atom. The largest absolute Gasteiger partial charge is 0.368 e. The molecule has 0 aliphatic carbocycles. The van der Waals surface area contributed by atoms with Gasteiger partial charge < -0.3 is 5.73 Å². The predicted octanol–water partition coefficient (Wildman–Crippen LogP) is 0.775. The molecule has 13 heavy (non-hydrogen) atoms. The first kappa shape index (κ1) is 9.74. The average Bonchev–Trinajstić information content (AvgIpc) is 2.04. The summed E-state index contributed by atoms with van der Waals surface area (Å²) in [4.78, 5) is 12.9. The molecule has 0 radical (unpaired) electrons. The van der Waals surface area contributed by atoms with Crippen LogP contribution in [-0.2, 0) is 4.79 Å². The van der Waals surface area contributed by atoms with E-state index in [0.29, 0.717) is 0 Å². The van der Waals surface area contributed by atoms with Crippen molar-refractivity contribution in [3.8, 4) is 0 Å². The third kappa shape index (κ3) is 2.29. The van der Waals surface area contributed by atoms with Crippen molar-refractivity contribution >= 4 is 5.91 Å². The Balaban J connectivity index is 2.96. The van der Waals surface area contributed by atoms with Crippen molar-refractivity contribution < 1.29 is 4.79 Å². The van der Waals surface area contributed by atoms with E-state index in [4.69, 9.17) is 5.73 Å². The maximum Gasteiger partial charge on any atom is 0.239 e. The first-order chi connectivity index (χ1) is 6.13. The van der Waals surface area contributed by atoms with Gasteiger partial charge in [-0.1, -0.05) is 30.3 Å². The number of benzene rings is 1. The van der Waals surface area contributed by atoms with Crippen LogP contribution >= 0.6 is 0 Å². The van der Waals surface area contributed by atoms with E-state index in [1.807, 2.05) is 44.4 Å². The van der Waals surface area contributed by atoms with Gasteiger partial charge in [-0.05, 0) is 19.7 Å². The van der Waals surface area contributed by atoms with Crippen LogP contribution in [0.2, 0.25) is 0 Å². The summed E-state index contributed by atoms with van der Waals surface area (Å²) in [5, 5.41) is 0. The minimum absolute atomic E-state index is 0.323. The molecule has 3 nitrogen and oxygen atoms in total. The molecule has 2 N–H and O–H groups in total. The number of primary amides is 1. The van der Waals surface area contributed by atoms with Gasteiger partial charge in [-0.2, -0.15) is 0 Å². The Kier molecular flexibility index (Phi) is 3.03. The molecular formula is C10H14N2O. The second kappa shape index (κ2) is 4.05. The monoisotopic (exact) mass is 178 g/mol. The summed E-state index contributed by atoms with van der Waals surface area (Å²) >= 11 is 0. The van der Waals surface area contributed by atoms with Gasteiger partial charge in [0.25, 0.3) is 0 Å². The van der Waals surface area contributed by atoms with E-state index in [1.165, 1.54) is 0 Å². The number of nitrogens with zero attached hydrogens (tertiary/aromatic N) is 1. The van der Waals surface area contributed by atoms with Crippen LogP contribution in [0.25, 0.3) is 0 Å². The van der Waals surface area contributed by atoms with E-state index in [1.54, 1.807) is 4.90 Å². The molecule has 0 aliphatic heterocycles. The lowest BCUT2D eigenvalue weighted by Crippen LogP contribution is -2.32. The van der Waals surface area contributed by atoms with Gasteiger partial charge in [0, 0.05) is 0 Å². The quantitative estimate of drug-likeness (QED) is 0.743. The van der Waals surface area contributed by atoms with Crippen LogP contribution in [0.15, 0.2) is 30.3 Å². The van der Waals surface area contributed by atoms with Crippen molar-refractivity contribution in [2.75, 3.05) is 14.1 Å². The first-order valence-electron chi connectivity index (χ1n) is 4.13. The van der Waals surface area contributed by atoms with Gasteiger partial charge in [0.2, 0.25) is 5.91 Å². The van der Waals surface area contributed by atoms with Crippen molar-refractivity contribution in [3.63, 3.8) is 0 Å². The fourth-order valence-electron chi connectivity index (χ4n) is 1.35. The molecule has 0 aromatic heterocycles. The lowest BCUT2D eigenvalue weighted by Gasteiger charge is -2.20. The SMILES string of the molecule is CN(C)[C@@H](C(N)=O)c1ccccc1. The highest BCUT2D eigenvalue weighted by Crippen LogP contribution is 2.16. The van der Waals surface area contributed by atoms with Gasteiger partial charge in [-0.3, -0.25) is 9.69 Å². The number of hydrogen-bond donors (Lipinski definition) is 1. The Labute approximate surface area is 78.2 Å². The zero-order valence-corrected chi connectivity index (χ0v) is 7.90. The van der Waals surface area contributed by atoms with Crippen LogP contribution < -0.4 is 5.73 Å². The summed E-state index contributed by atoms with van der Waals surface area (Å²) in [7, 11) is 3.67. The number of rotatable bonds is 3. The summed E-state index contributed by atoms with van der Waals surface area (Å²) < 4.78 is 0. The van der Waals surface area contributed by atoms with Crippen LogP contribution in [0.1, 0.15) is 11.6 Å². The van der Waals surface area contributed by atoms with Gasteiger partial charge in [0.1, 0.15) is 6.04 Å². The fraction of sp³-hybridized carbons (Fsp3) is 0.300. The fourth-order valence-corrected chi connectivity index (χ4v) is 1.35. The number of amides is 1. The number of nitrogens with two attached hydrogens (primary N) is 1. The zero-order chi connectivity index (χ0) is 9.84. The van der Waals surface area contributed by atoms with Crippen molar-refractivity contribution in [2.24, 2.45) is 5.73 Å². The third-order valence-corrected chi connectivity index (χ3v) is 1.90. The molecule has 0 unspecified atom stereocenters. The second-order valence-electron chi connectivity index (χ2n) is 3.18. The Morgan fingerprint density at radius 1 is 1.31 bits per heavy atom. The smallest absolute Gasteiger partial charge is 0.239 e. The van der Waals surface area contributed by atoms with Crippen molar-refractivity contribution in [1.82, 2.24) is 4.90 Å². The van der Waals surface area contributed by atoms with E-state index < -0.39 is 0 Å². The van der Waals surface area contributed by atoms with Crippen molar-refractivity contribution in [1.29, 1.82) is 0 Å². The Bertz CT molecular complexity index is 282. The summed E-state index contributed by atoms with van der Waals surface area (Å²) in [5.74, 6) is -0.323. The standard InChI is InChI=1S/C10H14N2O/c1-12(2)9(10(11)13)8-6-4-3-5-7-8/h3-7,9H,1-2H3,(H2,11,13)/t9-/m1/s1. The van der Waals surface area contributed by atoms with E-state index in [9.17, 15) is 4.79 Å². The molecule has 0 aliphatic rings. The lowest BCUT2D eigenvalue weighted by molar-refractivity contribution is -0.122. The maximum atomic E-state index is 11.1. The molecule has 0 bridgehead atoms. The number of likely N-dealkylation sites (N-methyl/N-ethyl adjacent to an activating group) is 1. The van der Waals surface area contributed by atoms with Crippen LogP contribution in [0, 0.1) is 0 Å². The van der Waals surface area contributed by atoms with Crippen LogP contribution in [0.5, 0.6) is 0 Å². The van der Waals surface area contributed by atoms with E-state index >= 15 is 0 Å². The van der Waals surface area contributed by atoms with Crippen LogP contribution in [0.3, 0.4) is 0 Å². The van der Waals surface area contributed by atoms with Gasteiger partial charge in [-0.25, -0.2) is 0 Å². The molecule has 1 rings (SSSR count). The topological polar surface area (TPSA) is 46.3 Å². The highest BCUT2D eigenvalue weighted by molar-refractivity contribution is 5.81. The summed E-state index contributed by atoms with van der Waals surface area (Å²) in [6.07, 6.45) is 0. The number of carbonyl (C=O) groups is 1. The van der Waals surface area contributed by atoms with E-state index in [-0.39, 0.29) is 11.9 Å². The van der Waals surface area contributed by atoms with Gasteiger partial charge in [0.15, 0.2) is 0 Å². The zero-order valence-electron chi connectivity index (χ0n) is 7.90. The van der Waals surface area contributed by atoms with Gasteiger partial charge >= 0.3 is 0 Å². The second-order valence-corrected chi connectivity index (χ2v) is 3.18. The highest BCUT2D eigenvalue weighted by Gasteiger charge is 2.18. The maximum absolute atomic E-state index is 11.1. The Hall–Kier alpha value is -1.35. The van der Waals surface area contributed by atoms with Gasteiger partial charge in [0.05, 0.1) is 0 Å². The van der Waals surface area contributed by atoms with E-state index in [2.05, 4.69) is 0 Å². The number of carbonyl (C=O) groups excluding carboxylic acids is 1. The molecule has 0 heterocycles.